The maximum absolute atomic E-state index is 13.0. The summed E-state index contributed by atoms with van der Waals surface area (Å²) in [7, 11) is 0. The van der Waals surface area contributed by atoms with Gasteiger partial charge in [0.25, 0.3) is 0 Å². The minimum Gasteiger partial charge on any atom is -0.312 e. The SMILES string of the molecule is O=C1[C@H]2CN(Cc3ccc(F)cc3)C[C@@H]2CN1c1ccccc1. The molecule has 4 rings (SSSR count). The summed E-state index contributed by atoms with van der Waals surface area (Å²) in [5.41, 5.74) is 2.09. The molecule has 118 valence electrons. The lowest BCUT2D eigenvalue weighted by molar-refractivity contribution is -0.120. The number of rotatable bonds is 3. The van der Waals surface area contributed by atoms with Crippen LogP contribution < -0.4 is 4.90 Å². The van der Waals surface area contributed by atoms with Gasteiger partial charge in [-0.2, -0.15) is 0 Å². The minimum atomic E-state index is -0.208. The molecule has 0 aliphatic carbocycles. The molecule has 2 saturated heterocycles. The molecule has 0 saturated carbocycles. The molecule has 0 bridgehead atoms. The predicted octanol–water partition coefficient (Wildman–Crippen LogP) is 2.92. The summed E-state index contributed by atoms with van der Waals surface area (Å²) in [5, 5.41) is 0. The van der Waals surface area contributed by atoms with Crippen molar-refractivity contribution in [3.8, 4) is 0 Å². The second kappa shape index (κ2) is 5.78. The molecule has 2 aliphatic rings. The Labute approximate surface area is 135 Å². The summed E-state index contributed by atoms with van der Waals surface area (Å²) in [5.74, 6) is 0.516. The van der Waals surface area contributed by atoms with Gasteiger partial charge in [-0.05, 0) is 29.8 Å². The van der Waals surface area contributed by atoms with Gasteiger partial charge in [-0.25, -0.2) is 4.39 Å². The van der Waals surface area contributed by atoms with E-state index in [0.717, 1.165) is 37.4 Å². The molecule has 0 spiro atoms. The van der Waals surface area contributed by atoms with Gasteiger partial charge in [0.05, 0.1) is 5.92 Å². The Morgan fingerprint density at radius 3 is 2.39 bits per heavy atom. The third-order valence-electron chi connectivity index (χ3n) is 4.90. The highest BCUT2D eigenvalue weighted by atomic mass is 19.1. The van der Waals surface area contributed by atoms with Crippen LogP contribution in [0.5, 0.6) is 0 Å². The molecule has 0 aromatic heterocycles. The van der Waals surface area contributed by atoms with Crippen LogP contribution >= 0.6 is 0 Å². The first-order chi connectivity index (χ1) is 11.2. The van der Waals surface area contributed by atoms with E-state index in [4.69, 9.17) is 0 Å². The number of benzene rings is 2. The summed E-state index contributed by atoms with van der Waals surface area (Å²) < 4.78 is 13.0. The van der Waals surface area contributed by atoms with Crippen molar-refractivity contribution in [3.63, 3.8) is 0 Å². The lowest BCUT2D eigenvalue weighted by Gasteiger charge is -2.21. The molecular formula is C19H19FN2O. The van der Waals surface area contributed by atoms with Crippen LogP contribution in [-0.2, 0) is 11.3 Å². The van der Waals surface area contributed by atoms with Gasteiger partial charge in [0.15, 0.2) is 0 Å². The molecule has 23 heavy (non-hydrogen) atoms. The zero-order valence-electron chi connectivity index (χ0n) is 12.9. The normalized spacial score (nSPS) is 24.2. The van der Waals surface area contributed by atoms with Gasteiger partial charge in [-0.3, -0.25) is 9.69 Å². The zero-order valence-corrected chi connectivity index (χ0v) is 12.9. The van der Waals surface area contributed by atoms with Crippen molar-refractivity contribution in [2.75, 3.05) is 24.5 Å². The van der Waals surface area contributed by atoms with Gasteiger partial charge in [-0.1, -0.05) is 30.3 Å². The third-order valence-corrected chi connectivity index (χ3v) is 4.90. The van der Waals surface area contributed by atoms with Gasteiger partial charge >= 0.3 is 0 Å². The monoisotopic (exact) mass is 310 g/mol. The van der Waals surface area contributed by atoms with E-state index in [1.807, 2.05) is 47.4 Å². The highest BCUT2D eigenvalue weighted by molar-refractivity contribution is 5.98. The number of amides is 1. The van der Waals surface area contributed by atoms with E-state index in [1.165, 1.54) is 12.1 Å². The van der Waals surface area contributed by atoms with E-state index >= 15 is 0 Å². The van der Waals surface area contributed by atoms with Gasteiger partial charge in [-0.15, -0.1) is 0 Å². The third kappa shape index (κ3) is 2.75. The van der Waals surface area contributed by atoms with Crippen LogP contribution in [0.4, 0.5) is 10.1 Å². The number of hydrogen-bond acceptors (Lipinski definition) is 2. The number of anilines is 1. The Bertz CT molecular complexity index is 701. The number of carbonyl (C=O) groups excluding carboxylic acids is 1. The van der Waals surface area contributed by atoms with E-state index < -0.39 is 0 Å². The van der Waals surface area contributed by atoms with Crippen LogP contribution in [0.2, 0.25) is 0 Å². The molecular weight excluding hydrogens is 291 g/mol. The molecule has 0 N–H and O–H groups in total. The van der Waals surface area contributed by atoms with Gasteiger partial charge in [0.2, 0.25) is 5.91 Å². The van der Waals surface area contributed by atoms with E-state index in [9.17, 15) is 9.18 Å². The molecule has 2 aromatic carbocycles. The van der Waals surface area contributed by atoms with Crippen molar-refractivity contribution in [1.29, 1.82) is 0 Å². The second-order valence-electron chi connectivity index (χ2n) is 6.47. The molecule has 2 aliphatic heterocycles. The fourth-order valence-electron chi connectivity index (χ4n) is 3.77. The first kappa shape index (κ1) is 14.4. The Hall–Kier alpha value is -2.20. The Balaban J connectivity index is 1.43. The van der Waals surface area contributed by atoms with Crippen molar-refractivity contribution in [2.45, 2.75) is 6.54 Å². The first-order valence-corrected chi connectivity index (χ1v) is 8.04. The van der Waals surface area contributed by atoms with Crippen molar-refractivity contribution in [1.82, 2.24) is 4.90 Å². The number of carbonyl (C=O) groups is 1. The van der Waals surface area contributed by atoms with Crippen LogP contribution in [-0.4, -0.2) is 30.4 Å². The molecule has 0 unspecified atom stereocenters. The van der Waals surface area contributed by atoms with Crippen LogP contribution in [0.3, 0.4) is 0 Å². The van der Waals surface area contributed by atoms with Crippen LogP contribution in [0, 0.1) is 17.7 Å². The lowest BCUT2D eigenvalue weighted by Crippen LogP contribution is -2.32. The summed E-state index contributed by atoms with van der Waals surface area (Å²) in [4.78, 5) is 16.9. The van der Waals surface area contributed by atoms with Crippen molar-refractivity contribution in [3.05, 3.63) is 66.0 Å². The maximum atomic E-state index is 13.0. The second-order valence-corrected chi connectivity index (χ2v) is 6.47. The smallest absolute Gasteiger partial charge is 0.231 e. The first-order valence-electron chi connectivity index (χ1n) is 8.04. The molecule has 4 heteroatoms. The molecule has 3 nitrogen and oxygen atoms in total. The Kier molecular flexibility index (Phi) is 3.62. The van der Waals surface area contributed by atoms with Gasteiger partial charge in [0.1, 0.15) is 5.82 Å². The van der Waals surface area contributed by atoms with E-state index in [0.29, 0.717) is 5.92 Å². The fourth-order valence-corrected chi connectivity index (χ4v) is 3.77. The van der Waals surface area contributed by atoms with E-state index in [-0.39, 0.29) is 17.6 Å². The molecule has 2 fully saturated rings. The number of nitrogens with zero attached hydrogens (tertiary/aromatic N) is 2. The molecule has 0 radical (unpaired) electrons. The standard InChI is InChI=1S/C19H19FN2O/c20-16-8-6-14(7-9-16)10-21-11-15-12-22(19(23)18(15)13-21)17-4-2-1-3-5-17/h1-9,15,18H,10-13H2/t15-,18+/m1/s1. The van der Waals surface area contributed by atoms with Crippen LogP contribution in [0.1, 0.15) is 5.56 Å². The maximum Gasteiger partial charge on any atom is 0.231 e. The fraction of sp³-hybridized carbons (Fsp3) is 0.316. The molecule has 2 atom stereocenters. The van der Waals surface area contributed by atoms with E-state index in [1.54, 1.807) is 0 Å². The number of likely N-dealkylation sites (tertiary alicyclic amines) is 1. The number of fused-ring (bicyclic) bond motifs is 1. The molecule has 2 heterocycles. The highest BCUT2D eigenvalue weighted by Gasteiger charge is 2.46. The number of hydrogen-bond donors (Lipinski definition) is 0. The largest absolute Gasteiger partial charge is 0.312 e. The van der Waals surface area contributed by atoms with Crippen molar-refractivity contribution < 1.29 is 9.18 Å². The van der Waals surface area contributed by atoms with Gasteiger partial charge in [0, 0.05) is 37.8 Å². The Morgan fingerprint density at radius 1 is 0.957 bits per heavy atom. The number of halogens is 1. The summed E-state index contributed by atoms with van der Waals surface area (Å²) in [6, 6.07) is 16.5. The van der Waals surface area contributed by atoms with Gasteiger partial charge < -0.3 is 4.90 Å². The summed E-state index contributed by atoms with van der Waals surface area (Å²) >= 11 is 0. The number of para-hydroxylation sites is 1. The summed E-state index contributed by atoms with van der Waals surface area (Å²) in [6.45, 7) is 3.31. The highest BCUT2D eigenvalue weighted by Crippen LogP contribution is 2.35. The van der Waals surface area contributed by atoms with E-state index in [2.05, 4.69) is 4.90 Å². The quantitative estimate of drug-likeness (QED) is 0.870. The van der Waals surface area contributed by atoms with Crippen molar-refractivity contribution >= 4 is 11.6 Å². The lowest BCUT2D eigenvalue weighted by atomic mass is 10.0. The van der Waals surface area contributed by atoms with Crippen LogP contribution in [0.25, 0.3) is 0 Å². The average molecular weight is 310 g/mol. The Morgan fingerprint density at radius 2 is 1.70 bits per heavy atom. The average Bonchev–Trinajstić information content (AvgIpc) is 3.10. The topological polar surface area (TPSA) is 23.6 Å². The zero-order chi connectivity index (χ0) is 15.8. The van der Waals surface area contributed by atoms with Crippen LogP contribution in [0.15, 0.2) is 54.6 Å². The predicted molar refractivity (Wildman–Crippen MR) is 87.5 cm³/mol. The summed E-state index contributed by atoms with van der Waals surface area (Å²) in [6.07, 6.45) is 0. The molecule has 2 aromatic rings. The minimum absolute atomic E-state index is 0.0932. The molecule has 1 amide bonds. The van der Waals surface area contributed by atoms with Crippen molar-refractivity contribution in [2.24, 2.45) is 11.8 Å².